The molecule has 37 heavy (non-hydrogen) atoms. The second-order valence-corrected chi connectivity index (χ2v) is 10.9. The maximum atomic E-state index is 16.4. The van der Waals surface area contributed by atoms with Gasteiger partial charge in [0.15, 0.2) is 0 Å². The number of ether oxygens (including phenoxy) is 5. The van der Waals surface area contributed by atoms with Crippen molar-refractivity contribution in [2.75, 3.05) is 33.0 Å². The third-order valence-electron chi connectivity index (χ3n) is 6.58. The van der Waals surface area contributed by atoms with Crippen molar-refractivity contribution in [1.29, 1.82) is 0 Å². The zero-order valence-electron chi connectivity index (χ0n) is 23.1. The Morgan fingerprint density at radius 1 is 0.784 bits per heavy atom. The molecule has 1 heterocycles. The summed E-state index contributed by atoms with van der Waals surface area (Å²) in [7, 11) is 0. The number of unbranched alkanes of at least 4 members (excludes halogenated alkanes) is 4. The molecule has 0 N–H and O–H groups in total. The molecule has 5 nitrogen and oxygen atoms in total. The highest BCUT2D eigenvalue weighted by Gasteiger charge is 2.67. The highest BCUT2D eigenvalue weighted by Crippen LogP contribution is 2.53. The van der Waals surface area contributed by atoms with Crippen LogP contribution in [0, 0.1) is 0 Å². The molecular formula is C29H47BrF2O5. The summed E-state index contributed by atoms with van der Waals surface area (Å²) in [6.07, 6.45) is 3.78. The fraction of sp³-hybridized carbons (Fsp3) is 0.793. The average Bonchev–Trinajstić information content (AvgIpc) is 2.90. The SMILES string of the molecule is CCCCOC[C@H]1OC(Br)(C(F)(F)c2ccccc2)[C@H](OCCCC)[C@@H](OCCCC)[C@@H]1OCCCC. The molecule has 1 aromatic carbocycles. The summed E-state index contributed by atoms with van der Waals surface area (Å²) in [5.74, 6) is -3.42. The Hall–Kier alpha value is -0.640. The third-order valence-corrected chi connectivity index (χ3v) is 7.71. The van der Waals surface area contributed by atoms with Gasteiger partial charge in [0, 0.05) is 32.0 Å². The van der Waals surface area contributed by atoms with Gasteiger partial charge in [0.05, 0.1) is 6.61 Å². The van der Waals surface area contributed by atoms with E-state index in [9.17, 15) is 0 Å². The normalized spacial score (nSPS) is 26.5. The molecule has 0 aromatic heterocycles. The number of hydrogen-bond acceptors (Lipinski definition) is 5. The first-order chi connectivity index (χ1) is 17.9. The Bertz CT molecular complexity index is 726. The van der Waals surface area contributed by atoms with Crippen LogP contribution >= 0.6 is 15.9 Å². The molecule has 1 unspecified atom stereocenters. The molecule has 8 heteroatoms. The Morgan fingerprint density at radius 2 is 1.30 bits per heavy atom. The van der Waals surface area contributed by atoms with Crippen molar-refractivity contribution in [2.45, 2.75) is 114 Å². The highest BCUT2D eigenvalue weighted by molar-refractivity contribution is 9.10. The lowest BCUT2D eigenvalue weighted by molar-refractivity contribution is -0.319. The first kappa shape index (κ1) is 32.6. The minimum Gasteiger partial charge on any atom is -0.379 e. The highest BCUT2D eigenvalue weighted by atomic mass is 79.9. The van der Waals surface area contributed by atoms with Crippen LogP contribution in [0.1, 0.15) is 84.6 Å². The molecule has 0 radical (unpaired) electrons. The second kappa shape index (κ2) is 17.1. The molecule has 1 aromatic rings. The van der Waals surface area contributed by atoms with Gasteiger partial charge in [-0.2, -0.15) is 8.78 Å². The van der Waals surface area contributed by atoms with Crippen LogP contribution in [0.15, 0.2) is 30.3 Å². The minimum atomic E-state index is -3.42. The lowest BCUT2D eigenvalue weighted by Crippen LogP contribution is -2.69. The van der Waals surface area contributed by atoms with Crippen LogP contribution in [0.25, 0.3) is 0 Å². The van der Waals surface area contributed by atoms with Gasteiger partial charge in [0.1, 0.15) is 24.4 Å². The van der Waals surface area contributed by atoms with Crippen molar-refractivity contribution in [3.8, 4) is 0 Å². The van der Waals surface area contributed by atoms with E-state index in [1.165, 1.54) is 12.1 Å². The maximum absolute atomic E-state index is 16.4. The molecule has 214 valence electrons. The van der Waals surface area contributed by atoms with Gasteiger partial charge in [0.2, 0.25) is 4.51 Å². The Kier molecular flexibility index (Phi) is 15.1. The van der Waals surface area contributed by atoms with Gasteiger partial charge in [-0.25, -0.2) is 0 Å². The Labute approximate surface area is 231 Å². The predicted molar refractivity (Wildman–Crippen MR) is 147 cm³/mol. The standard InChI is InChI=1S/C29H47BrF2O5/c1-5-9-18-33-22-24-25(34-19-10-6-2)26(35-20-11-7-3)27(36-21-12-8-4)28(30,37-24)29(31,32)23-16-14-13-15-17-23/h13-17,24-27H,5-12,18-22H2,1-4H3/t24-,25-,26+,27-,28?/m1/s1. The quantitative estimate of drug-likeness (QED) is 0.122. The zero-order chi connectivity index (χ0) is 27.2. The smallest absolute Gasteiger partial charge is 0.314 e. The summed E-state index contributed by atoms with van der Waals surface area (Å²) < 4.78 is 61.7. The van der Waals surface area contributed by atoms with E-state index in [0.29, 0.717) is 26.4 Å². The molecule has 0 bridgehead atoms. The molecule has 0 amide bonds. The summed E-state index contributed by atoms with van der Waals surface area (Å²) in [6.45, 7) is 10.2. The van der Waals surface area contributed by atoms with Crippen LogP contribution in [-0.4, -0.2) is 62.0 Å². The van der Waals surface area contributed by atoms with Crippen molar-refractivity contribution < 1.29 is 32.5 Å². The zero-order valence-corrected chi connectivity index (χ0v) is 24.6. The number of halogens is 3. The number of hydrogen-bond donors (Lipinski definition) is 0. The summed E-state index contributed by atoms with van der Waals surface area (Å²) in [5.41, 5.74) is -0.153. The maximum Gasteiger partial charge on any atom is 0.314 e. The summed E-state index contributed by atoms with van der Waals surface area (Å²) >= 11 is 3.41. The fourth-order valence-corrected chi connectivity index (χ4v) is 5.15. The van der Waals surface area contributed by atoms with Gasteiger partial charge >= 0.3 is 5.92 Å². The molecule has 0 aliphatic carbocycles. The molecule has 1 aliphatic heterocycles. The van der Waals surface area contributed by atoms with Gasteiger partial charge in [-0.3, -0.25) is 0 Å². The van der Waals surface area contributed by atoms with Crippen LogP contribution < -0.4 is 0 Å². The van der Waals surface area contributed by atoms with Crippen molar-refractivity contribution >= 4 is 15.9 Å². The molecule has 0 saturated carbocycles. The lowest BCUT2D eigenvalue weighted by Gasteiger charge is -2.52. The molecule has 1 aliphatic rings. The van der Waals surface area contributed by atoms with Gasteiger partial charge < -0.3 is 23.7 Å². The molecule has 5 atom stereocenters. The first-order valence-corrected chi connectivity index (χ1v) is 14.9. The van der Waals surface area contributed by atoms with Crippen LogP contribution in [0.4, 0.5) is 8.78 Å². The lowest BCUT2D eigenvalue weighted by atomic mass is 9.88. The van der Waals surface area contributed by atoms with Gasteiger partial charge in [-0.05, 0) is 41.6 Å². The molecule has 1 fully saturated rings. The number of alkyl halides is 3. The first-order valence-electron chi connectivity index (χ1n) is 14.1. The second-order valence-electron chi connectivity index (χ2n) is 9.69. The number of rotatable bonds is 19. The van der Waals surface area contributed by atoms with Crippen LogP contribution in [0.3, 0.4) is 0 Å². The van der Waals surface area contributed by atoms with E-state index in [-0.39, 0.29) is 12.2 Å². The molecule has 2 rings (SSSR count). The summed E-state index contributed by atoms with van der Waals surface area (Å²) in [6, 6.07) is 7.76. The van der Waals surface area contributed by atoms with Crippen LogP contribution in [-0.2, 0) is 29.6 Å². The summed E-state index contributed by atoms with van der Waals surface area (Å²) in [5, 5.41) is 0. The topological polar surface area (TPSA) is 46.2 Å². The largest absolute Gasteiger partial charge is 0.379 e. The fourth-order valence-electron chi connectivity index (χ4n) is 4.29. The molecule has 0 spiro atoms. The van der Waals surface area contributed by atoms with Crippen molar-refractivity contribution in [1.82, 2.24) is 0 Å². The number of benzene rings is 1. The summed E-state index contributed by atoms with van der Waals surface area (Å²) in [4.78, 5) is 0. The predicted octanol–water partition coefficient (Wildman–Crippen LogP) is 7.64. The van der Waals surface area contributed by atoms with E-state index in [0.717, 1.165) is 51.4 Å². The monoisotopic (exact) mass is 592 g/mol. The van der Waals surface area contributed by atoms with Crippen LogP contribution in [0.2, 0.25) is 0 Å². The molecule has 1 saturated heterocycles. The van der Waals surface area contributed by atoms with E-state index in [2.05, 4.69) is 36.7 Å². The Morgan fingerprint density at radius 3 is 1.86 bits per heavy atom. The average molecular weight is 594 g/mol. The van der Waals surface area contributed by atoms with E-state index >= 15 is 8.78 Å². The molecular weight excluding hydrogens is 546 g/mol. The van der Waals surface area contributed by atoms with E-state index in [1.807, 2.05) is 6.92 Å². The minimum absolute atomic E-state index is 0.129. The third kappa shape index (κ3) is 8.94. The Balaban J connectivity index is 2.51. The van der Waals surface area contributed by atoms with Gasteiger partial charge in [0.25, 0.3) is 0 Å². The van der Waals surface area contributed by atoms with Crippen LogP contribution in [0.5, 0.6) is 0 Å². The van der Waals surface area contributed by atoms with Crippen molar-refractivity contribution in [3.05, 3.63) is 35.9 Å². The van der Waals surface area contributed by atoms with Crippen molar-refractivity contribution in [2.24, 2.45) is 0 Å². The van der Waals surface area contributed by atoms with Gasteiger partial charge in [-0.1, -0.05) is 83.7 Å². The van der Waals surface area contributed by atoms with Gasteiger partial charge in [-0.15, -0.1) is 0 Å². The van der Waals surface area contributed by atoms with Crippen molar-refractivity contribution in [3.63, 3.8) is 0 Å². The van der Waals surface area contributed by atoms with E-state index < -0.39 is 34.8 Å². The van der Waals surface area contributed by atoms with E-state index in [1.54, 1.807) is 18.2 Å². The van der Waals surface area contributed by atoms with E-state index in [4.69, 9.17) is 23.7 Å².